The van der Waals surface area contributed by atoms with E-state index in [0.717, 1.165) is 51.1 Å². The highest BCUT2D eigenvalue weighted by Gasteiger charge is 2.51. The summed E-state index contributed by atoms with van der Waals surface area (Å²) < 4.78 is 0. The zero-order valence-corrected chi connectivity index (χ0v) is 12.0. The maximum atomic E-state index is 11.4. The standard InChI is InChI=1S/C16H22N2O2/c1-17-7-9-18(10-8-17)12-13-3-2-4-14(11-13)16(5-6-16)15(19)20/h2-4,11H,5-10,12H2,1H3,(H,19,20). The zero-order valence-electron chi connectivity index (χ0n) is 12.0. The average Bonchev–Trinajstić information content (AvgIpc) is 3.23. The molecule has 1 N–H and O–H groups in total. The molecule has 108 valence electrons. The lowest BCUT2D eigenvalue weighted by Crippen LogP contribution is -2.43. The summed E-state index contributed by atoms with van der Waals surface area (Å²) in [7, 11) is 2.15. The first kappa shape index (κ1) is 13.6. The number of hydrogen-bond acceptors (Lipinski definition) is 3. The van der Waals surface area contributed by atoms with Crippen LogP contribution in [-0.2, 0) is 16.8 Å². The Kier molecular flexibility index (Phi) is 3.52. The van der Waals surface area contributed by atoms with Gasteiger partial charge in [-0.05, 0) is 31.0 Å². The Morgan fingerprint density at radius 1 is 1.25 bits per heavy atom. The number of benzene rings is 1. The van der Waals surface area contributed by atoms with Crippen molar-refractivity contribution in [2.24, 2.45) is 0 Å². The van der Waals surface area contributed by atoms with Crippen LogP contribution >= 0.6 is 0 Å². The molecule has 2 fully saturated rings. The minimum Gasteiger partial charge on any atom is -0.481 e. The van der Waals surface area contributed by atoms with Gasteiger partial charge in [0, 0.05) is 32.7 Å². The maximum Gasteiger partial charge on any atom is 0.314 e. The second-order valence-electron chi connectivity index (χ2n) is 6.17. The van der Waals surface area contributed by atoms with Crippen LogP contribution in [0.4, 0.5) is 0 Å². The highest BCUT2D eigenvalue weighted by atomic mass is 16.4. The van der Waals surface area contributed by atoms with Crippen LogP contribution in [0.5, 0.6) is 0 Å². The Morgan fingerprint density at radius 3 is 2.55 bits per heavy atom. The third kappa shape index (κ3) is 2.58. The molecule has 2 aliphatic rings. The zero-order chi connectivity index (χ0) is 14.2. The fourth-order valence-corrected chi connectivity index (χ4v) is 2.98. The van der Waals surface area contributed by atoms with Crippen LogP contribution in [0, 0.1) is 0 Å². The van der Waals surface area contributed by atoms with Crippen molar-refractivity contribution in [3.05, 3.63) is 35.4 Å². The summed E-state index contributed by atoms with van der Waals surface area (Å²) in [5.74, 6) is -0.672. The van der Waals surface area contributed by atoms with Gasteiger partial charge in [-0.1, -0.05) is 24.3 Å². The summed E-state index contributed by atoms with van der Waals surface area (Å²) in [6, 6.07) is 8.18. The minimum absolute atomic E-state index is 0.585. The van der Waals surface area contributed by atoms with Crippen LogP contribution in [-0.4, -0.2) is 54.1 Å². The predicted octanol–water partition coefficient (Wildman–Crippen LogP) is 1.55. The molecule has 1 aliphatic heterocycles. The molecule has 0 spiro atoms. The number of piperazine rings is 1. The van der Waals surface area contributed by atoms with E-state index < -0.39 is 11.4 Å². The molecule has 0 atom stereocenters. The maximum absolute atomic E-state index is 11.4. The molecule has 0 unspecified atom stereocenters. The number of aliphatic carboxylic acids is 1. The van der Waals surface area contributed by atoms with Crippen molar-refractivity contribution < 1.29 is 9.90 Å². The molecule has 0 aromatic heterocycles. The molecule has 1 aromatic rings. The Morgan fingerprint density at radius 2 is 1.95 bits per heavy atom. The lowest BCUT2D eigenvalue weighted by Gasteiger charge is -2.32. The van der Waals surface area contributed by atoms with Gasteiger partial charge in [0.25, 0.3) is 0 Å². The van der Waals surface area contributed by atoms with E-state index in [9.17, 15) is 9.90 Å². The Labute approximate surface area is 120 Å². The third-order valence-electron chi connectivity index (χ3n) is 4.64. The molecule has 1 aromatic carbocycles. The van der Waals surface area contributed by atoms with E-state index in [-0.39, 0.29) is 0 Å². The average molecular weight is 274 g/mol. The predicted molar refractivity (Wildman–Crippen MR) is 77.8 cm³/mol. The van der Waals surface area contributed by atoms with Crippen LogP contribution in [0.1, 0.15) is 24.0 Å². The van der Waals surface area contributed by atoms with E-state index in [1.807, 2.05) is 12.1 Å². The van der Waals surface area contributed by atoms with Crippen molar-refractivity contribution in [2.45, 2.75) is 24.8 Å². The molecular weight excluding hydrogens is 252 g/mol. The van der Waals surface area contributed by atoms with Crippen molar-refractivity contribution in [2.75, 3.05) is 33.2 Å². The molecule has 0 bridgehead atoms. The topological polar surface area (TPSA) is 43.8 Å². The number of hydrogen-bond donors (Lipinski definition) is 1. The summed E-state index contributed by atoms with van der Waals surface area (Å²) in [6.45, 7) is 5.32. The van der Waals surface area contributed by atoms with E-state index >= 15 is 0 Å². The molecule has 20 heavy (non-hydrogen) atoms. The SMILES string of the molecule is CN1CCN(Cc2cccc(C3(C(=O)O)CC3)c2)CC1. The quantitative estimate of drug-likeness (QED) is 0.905. The largest absolute Gasteiger partial charge is 0.481 e. The lowest BCUT2D eigenvalue weighted by molar-refractivity contribution is -0.140. The van der Waals surface area contributed by atoms with Crippen molar-refractivity contribution in [3.63, 3.8) is 0 Å². The van der Waals surface area contributed by atoms with Gasteiger partial charge in [0.1, 0.15) is 0 Å². The minimum atomic E-state index is -0.672. The second kappa shape index (κ2) is 5.19. The first-order chi connectivity index (χ1) is 9.60. The van der Waals surface area contributed by atoms with Crippen LogP contribution < -0.4 is 0 Å². The molecule has 0 radical (unpaired) electrons. The molecule has 1 saturated heterocycles. The summed E-state index contributed by atoms with van der Waals surface area (Å²) in [4.78, 5) is 16.2. The number of carbonyl (C=O) groups is 1. The molecule has 1 saturated carbocycles. The summed E-state index contributed by atoms with van der Waals surface area (Å²) in [6.07, 6.45) is 1.56. The monoisotopic (exact) mass is 274 g/mol. The Hall–Kier alpha value is -1.39. The normalized spacial score (nSPS) is 22.6. The van der Waals surface area contributed by atoms with Crippen LogP contribution in [0.3, 0.4) is 0 Å². The summed E-state index contributed by atoms with van der Waals surface area (Å²) in [5.41, 5.74) is 1.63. The molecule has 1 heterocycles. The third-order valence-corrected chi connectivity index (χ3v) is 4.64. The summed E-state index contributed by atoms with van der Waals surface area (Å²) in [5, 5.41) is 9.38. The van der Waals surface area contributed by atoms with Gasteiger partial charge >= 0.3 is 5.97 Å². The molecule has 4 nitrogen and oxygen atoms in total. The summed E-state index contributed by atoms with van der Waals surface area (Å²) >= 11 is 0. The van der Waals surface area contributed by atoms with Crippen molar-refractivity contribution in [1.82, 2.24) is 9.80 Å². The molecular formula is C16H22N2O2. The van der Waals surface area contributed by atoms with Crippen molar-refractivity contribution in [1.29, 1.82) is 0 Å². The van der Waals surface area contributed by atoms with Crippen LogP contribution in [0.15, 0.2) is 24.3 Å². The first-order valence-electron chi connectivity index (χ1n) is 7.34. The lowest BCUT2D eigenvalue weighted by atomic mass is 9.94. The van der Waals surface area contributed by atoms with E-state index in [1.165, 1.54) is 5.56 Å². The fourth-order valence-electron chi connectivity index (χ4n) is 2.98. The van der Waals surface area contributed by atoms with E-state index in [0.29, 0.717) is 0 Å². The molecule has 1 aliphatic carbocycles. The first-order valence-corrected chi connectivity index (χ1v) is 7.34. The Balaban J connectivity index is 1.71. The highest BCUT2D eigenvalue weighted by Crippen LogP contribution is 2.48. The number of carboxylic acids is 1. The molecule has 0 amide bonds. The number of nitrogens with zero attached hydrogens (tertiary/aromatic N) is 2. The second-order valence-corrected chi connectivity index (χ2v) is 6.17. The van der Waals surface area contributed by atoms with Gasteiger partial charge in [0.05, 0.1) is 5.41 Å². The van der Waals surface area contributed by atoms with E-state index in [4.69, 9.17) is 0 Å². The van der Waals surface area contributed by atoms with Gasteiger partial charge in [0.15, 0.2) is 0 Å². The van der Waals surface area contributed by atoms with Gasteiger partial charge in [-0.25, -0.2) is 0 Å². The molecule has 4 heteroatoms. The number of likely N-dealkylation sites (N-methyl/N-ethyl adjacent to an activating group) is 1. The van der Waals surface area contributed by atoms with Gasteiger partial charge in [-0.2, -0.15) is 0 Å². The smallest absolute Gasteiger partial charge is 0.314 e. The van der Waals surface area contributed by atoms with E-state index in [1.54, 1.807) is 0 Å². The van der Waals surface area contributed by atoms with Gasteiger partial charge in [-0.15, -0.1) is 0 Å². The fraction of sp³-hybridized carbons (Fsp3) is 0.562. The van der Waals surface area contributed by atoms with Gasteiger partial charge in [0.2, 0.25) is 0 Å². The van der Waals surface area contributed by atoms with Crippen LogP contribution in [0.25, 0.3) is 0 Å². The molecule has 3 rings (SSSR count). The van der Waals surface area contributed by atoms with E-state index in [2.05, 4.69) is 29.0 Å². The van der Waals surface area contributed by atoms with Crippen molar-refractivity contribution >= 4 is 5.97 Å². The van der Waals surface area contributed by atoms with Gasteiger partial charge in [-0.3, -0.25) is 9.69 Å². The Bertz CT molecular complexity index is 503. The van der Waals surface area contributed by atoms with Crippen LogP contribution in [0.2, 0.25) is 0 Å². The van der Waals surface area contributed by atoms with Gasteiger partial charge < -0.3 is 10.0 Å². The number of carboxylic acid groups (broad SMARTS) is 1. The highest BCUT2D eigenvalue weighted by molar-refractivity contribution is 5.84. The van der Waals surface area contributed by atoms with Crippen molar-refractivity contribution in [3.8, 4) is 0 Å². The number of rotatable bonds is 4.